The van der Waals surface area contributed by atoms with Crippen LogP contribution in [0, 0.1) is 0 Å². The SMILES string of the molecule is COc1cc(O)c(C(=O)/C=C/c2ccc(OC)c3ccccc23)c(OC)c1. The standard InChI is InChI=1S/C22H20O5/c1-25-15-12-19(24)22(21(13-15)27-3)18(23)10-8-14-9-11-20(26-2)17-7-5-4-6-16(14)17/h4-13,24H,1-3H3/b10-8+. The highest BCUT2D eigenvalue weighted by Gasteiger charge is 2.17. The molecule has 0 atom stereocenters. The summed E-state index contributed by atoms with van der Waals surface area (Å²) in [6.45, 7) is 0. The van der Waals surface area contributed by atoms with Crippen LogP contribution in [0.5, 0.6) is 23.0 Å². The molecule has 0 aliphatic carbocycles. The summed E-state index contributed by atoms with van der Waals surface area (Å²) >= 11 is 0. The number of ether oxygens (including phenoxy) is 3. The second kappa shape index (κ2) is 7.83. The first-order chi connectivity index (χ1) is 13.1. The lowest BCUT2D eigenvalue weighted by Gasteiger charge is -2.10. The maximum atomic E-state index is 12.7. The van der Waals surface area contributed by atoms with Crippen molar-refractivity contribution in [2.75, 3.05) is 21.3 Å². The number of rotatable bonds is 6. The molecule has 0 bridgehead atoms. The van der Waals surface area contributed by atoms with E-state index in [0.29, 0.717) is 5.75 Å². The van der Waals surface area contributed by atoms with E-state index in [2.05, 4.69) is 0 Å². The Bertz CT molecular complexity index is 1020. The van der Waals surface area contributed by atoms with Crippen LogP contribution in [-0.2, 0) is 0 Å². The third kappa shape index (κ3) is 3.58. The van der Waals surface area contributed by atoms with Crippen LogP contribution in [0.25, 0.3) is 16.8 Å². The number of allylic oxidation sites excluding steroid dienone is 1. The molecule has 0 saturated heterocycles. The van der Waals surface area contributed by atoms with Gasteiger partial charge in [0.15, 0.2) is 5.78 Å². The fourth-order valence-corrected chi connectivity index (χ4v) is 2.97. The van der Waals surface area contributed by atoms with Gasteiger partial charge in [-0.05, 0) is 23.1 Å². The Kier molecular flexibility index (Phi) is 5.31. The molecule has 0 aliphatic rings. The van der Waals surface area contributed by atoms with Crippen LogP contribution < -0.4 is 14.2 Å². The van der Waals surface area contributed by atoms with E-state index in [-0.39, 0.29) is 22.8 Å². The predicted octanol–water partition coefficient (Wildman–Crippen LogP) is 4.47. The van der Waals surface area contributed by atoms with Gasteiger partial charge in [-0.3, -0.25) is 4.79 Å². The molecule has 0 aliphatic heterocycles. The number of aromatic hydroxyl groups is 1. The van der Waals surface area contributed by atoms with E-state index in [0.717, 1.165) is 22.1 Å². The predicted molar refractivity (Wildman–Crippen MR) is 105 cm³/mol. The second-order valence-corrected chi connectivity index (χ2v) is 5.82. The Labute approximate surface area is 157 Å². The Morgan fingerprint density at radius 2 is 1.59 bits per heavy atom. The maximum absolute atomic E-state index is 12.7. The van der Waals surface area contributed by atoms with Crippen molar-refractivity contribution in [3.05, 3.63) is 65.7 Å². The molecule has 138 valence electrons. The Hall–Kier alpha value is -3.47. The summed E-state index contributed by atoms with van der Waals surface area (Å²) in [6.07, 6.45) is 3.13. The summed E-state index contributed by atoms with van der Waals surface area (Å²) < 4.78 is 15.7. The smallest absolute Gasteiger partial charge is 0.193 e. The van der Waals surface area contributed by atoms with E-state index >= 15 is 0 Å². The lowest BCUT2D eigenvalue weighted by molar-refractivity contribution is 0.104. The Balaban J connectivity index is 2.00. The van der Waals surface area contributed by atoms with Gasteiger partial charge in [-0.25, -0.2) is 0 Å². The van der Waals surface area contributed by atoms with Crippen LogP contribution in [-0.4, -0.2) is 32.2 Å². The lowest BCUT2D eigenvalue weighted by Crippen LogP contribution is -2.00. The van der Waals surface area contributed by atoms with Gasteiger partial charge >= 0.3 is 0 Å². The van der Waals surface area contributed by atoms with E-state index in [1.165, 1.54) is 26.4 Å². The zero-order valence-corrected chi connectivity index (χ0v) is 15.4. The number of fused-ring (bicyclic) bond motifs is 1. The van der Waals surface area contributed by atoms with Gasteiger partial charge in [-0.15, -0.1) is 0 Å². The zero-order valence-electron chi connectivity index (χ0n) is 15.4. The van der Waals surface area contributed by atoms with Gasteiger partial charge < -0.3 is 19.3 Å². The van der Waals surface area contributed by atoms with Crippen molar-refractivity contribution in [3.8, 4) is 23.0 Å². The Morgan fingerprint density at radius 1 is 0.889 bits per heavy atom. The van der Waals surface area contributed by atoms with Gasteiger partial charge in [0.05, 0.1) is 21.3 Å². The van der Waals surface area contributed by atoms with Gasteiger partial charge in [0.2, 0.25) is 0 Å². The van der Waals surface area contributed by atoms with Gasteiger partial charge in [-0.2, -0.15) is 0 Å². The quantitative estimate of drug-likeness (QED) is 0.516. The number of phenolic OH excluding ortho intramolecular Hbond substituents is 1. The number of phenols is 1. The second-order valence-electron chi connectivity index (χ2n) is 5.82. The summed E-state index contributed by atoms with van der Waals surface area (Å²) in [6, 6.07) is 14.5. The van der Waals surface area contributed by atoms with Crippen molar-refractivity contribution in [1.29, 1.82) is 0 Å². The minimum absolute atomic E-state index is 0.0902. The van der Waals surface area contributed by atoms with Crippen molar-refractivity contribution < 1.29 is 24.1 Å². The molecule has 0 fully saturated rings. The van der Waals surface area contributed by atoms with Gasteiger partial charge in [0.1, 0.15) is 28.6 Å². The first-order valence-corrected chi connectivity index (χ1v) is 8.32. The summed E-state index contributed by atoms with van der Waals surface area (Å²) in [5.74, 6) is 0.864. The lowest BCUT2D eigenvalue weighted by atomic mass is 10.0. The molecule has 3 aromatic rings. The zero-order chi connectivity index (χ0) is 19.4. The number of hydrogen-bond donors (Lipinski definition) is 1. The van der Waals surface area contributed by atoms with Crippen LogP contribution in [0.3, 0.4) is 0 Å². The van der Waals surface area contributed by atoms with E-state index in [1.807, 2.05) is 36.4 Å². The minimum Gasteiger partial charge on any atom is -0.507 e. The molecule has 0 amide bonds. The summed E-state index contributed by atoms with van der Waals surface area (Å²) in [5, 5.41) is 12.1. The van der Waals surface area contributed by atoms with Gasteiger partial charge in [-0.1, -0.05) is 36.4 Å². The maximum Gasteiger partial charge on any atom is 0.193 e. The molecule has 3 rings (SSSR count). The first-order valence-electron chi connectivity index (χ1n) is 8.32. The summed E-state index contributed by atoms with van der Waals surface area (Å²) in [4.78, 5) is 12.7. The third-order valence-electron chi connectivity index (χ3n) is 4.31. The average Bonchev–Trinajstić information content (AvgIpc) is 2.70. The van der Waals surface area contributed by atoms with Crippen molar-refractivity contribution >= 4 is 22.6 Å². The molecule has 5 heteroatoms. The van der Waals surface area contributed by atoms with Crippen LogP contribution in [0.15, 0.2) is 54.6 Å². The number of carbonyl (C=O) groups excluding carboxylic acids is 1. The minimum atomic E-state index is -0.369. The number of hydrogen-bond acceptors (Lipinski definition) is 5. The van der Waals surface area contributed by atoms with Gasteiger partial charge in [0, 0.05) is 17.5 Å². The van der Waals surface area contributed by atoms with E-state index < -0.39 is 0 Å². The fraction of sp³-hybridized carbons (Fsp3) is 0.136. The van der Waals surface area contributed by atoms with Crippen LogP contribution in [0.2, 0.25) is 0 Å². The largest absolute Gasteiger partial charge is 0.507 e. The van der Waals surface area contributed by atoms with E-state index in [9.17, 15) is 9.90 Å². The highest BCUT2D eigenvalue weighted by atomic mass is 16.5. The topological polar surface area (TPSA) is 65.0 Å². The molecule has 0 saturated carbocycles. The van der Waals surface area contributed by atoms with Crippen molar-refractivity contribution in [2.45, 2.75) is 0 Å². The van der Waals surface area contributed by atoms with Crippen molar-refractivity contribution in [3.63, 3.8) is 0 Å². The third-order valence-corrected chi connectivity index (χ3v) is 4.31. The number of carbonyl (C=O) groups is 1. The number of methoxy groups -OCH3 is 3. The molecule has 3 aromatic carbocycles. The first kappa shape index (κ1) is 18.3. The molecule has 0 aromatic heterocycles. The van der Waals surface area contributed by atoms with Crippen LogP contribution in [0.4, 0.5) is 0 Å². The molecule has 0 heterocycles. The van der Waals surface area contributed by atoms with E-state index in [1.54, 1.807) is 19.3 Å². The molecular formula is C22H20O5. The number of benzene rings is 3. The van der Waals surface area contributed by atoms with Crippen LogP contribution in [0.1, 0.15) is 15.9 Å². The fourth-order valence-electron chi connectivity index (χ4n) is 2.97. The van der Waals surface area contributed by atoms with Crippen molar-refractivity contribution in [1.82, 2.24) is 0 Å². The molecule has 5 nitrogen and oxygen atoms in total. The molecule has 1 N–H and O–H groups in total. The summed E-state index contributed by atoms with van der Waals surface area (Å²) in [7, 11) is 4.54. The van der Waals surface area contributed by atoms with E-state index in [4.69, 9.17) is 14.2 Å². The number of ketones is 1. The summed E-state index contributed by atoms with van der Waals surface area (Å²) in [5.41, 5.74) is 0.957. The molecule has 0 radical (unpaired) electrons. The highest BCUT2D eigenvalue weighted by molar-refractivity contribution is 6.11. The average molecular weight is 364 g/mol. The normalized spacial score (nSPS) is 10.9. The molecule has 27 heavy (non-hydrogen) atoms. The molecule has 0 spiro atoms. The molecular weight excluding hydrogens is 344 g/mol. The van der Waals surface area contributed by atoms with Crippen LogP contribution >= 0.6 is 0 Å². The molecule has 0 unspecified atom stereocenters. The van der Waals surface area contributed by atoms with Gasteiger partial charge in [0.25, 0.3) is 0 Å². The Morgan fingerprint density at radius 3 is 2.26 bits per heavy atom. The highest BCUT2D eigenvalue weighted by Crippen LogP contribution is 2.34. The van der Waals surface area contributed by atoms with Crippen molar-refractivity contribution in [2.24, 2.45) is 0 Å². The monoisotopic (exact) mass is 364 g/mol.